The number of aromatic hydroxyl groups is 1. The number of carbonyl (C=O) groups is 4. The van der Waals surface area contributed by atoms with Crippen LogP contribution in [-0.2, 0) is 20.7 Å². The van der Waals surface area contributed by atoms with Gasteiger partial charge in [0.25, 0.3) is 11.8 Å². The number of aryl methyl sites for hydroxylation is 2. The summed E-state index contributed by atoms with van der Waals surface area (Å²) in [5, 5.41) is 27.8. The first-order valence-corrected chi connectivity index (χ1v) is 14.9. The maximum Gasteiger partial charge on any atom is 0.423 e. The fourth-order valence-corrected chi connectivity index (χ4v) is 4.54. The lowest BCUT2D eigenvalue weighted by Gasteiger charge is -2.24. The molecule has 0 atom stereocenters. The first-order valence-electron chi connectivity index (χ1n) is 14.9. The number of phenols is 1. The van der Waals surface area contributed by atoms with E-state index in [-0.39, 0.29) is 52.7 Å². The Kier molecular flexibility index (Phi) is 11.3. The Morgan fingerprint density at radius 3 is 2.40 bits per heavy atom. The number of nitrogens with two attached hydrogens (primary N) is 1. The van der Waals surface area contributed by atoms with Gasteiger partial charge in [-0.2, -0.15) is 0 Å². The van der Waals surface area contributed by atoms with Gasteiger partial charge in [-0.05, 0) is 81.6 Å². The Balaban J connectivity index is 0.00000255. The number of phenolic OH excluding ortho intramolecular Hbond substituents is 1. The van der Waals surface area contributed by atoms with Crippen molar-refractivity contribution in [3.63, 3.8) is 0 Å². The molecule has 15 heteroatoms. The van der Waals surface area contributed by atoms with Gasteiger partial charge in [0.05, 0.1) is 23.4 Å². The van der Waals surface area contributed by atoms with Crippen LogP contribution in [0.25, 0.3) is 0 Å². The van der Waals surface area contributed by atoms with E-state index in [1.165, 1.54) is 31.4 Å². The predicted octanol–water partition coefficient (Wildman–Crippen LogP) is 4.06. The number of amidine groups is 1. The van der Waals surface area contributed by atoms with E-state index >= 15 is 0 Å². The van der Waals surface area contributed by atoms with E-state index in [4.69, 9.17) is 19.4 Å². The average Bonchev–Trinajstić information content (AvgIpc) is 3.65. The molecule has 2 heterocycles. The third kappa shape index (κ3) is 8.64. The molecule has 5 rings (SSSR count). The highest BCUT2D eigenvalue weighted by atomic mass is 16.7. The molecule has 1 saturated carbocycles. The largest absolute Gasteiger partial charge is 0.508 e. The summed E-state index contributed by atoms with van der Waals surface area (Å²) in [6.07, 6.45) is 2.05. The minimum absolute atomic E-state index is 0.0478. The molecule has 0 unspecified atom stereocenters. The quantitative estimate of drug-likeness (QED) is 0.0619. The zero-order valence-corrected chi connectivity index (χ0v) is 26.9. The van der Waals surface area contributed by atoms with E-state index in [0.717, 1.165) is 17.7 Å². The maximum atomic E-state index is 13.6. The Labute approximate surface area is 275 Å². The number of esters is 1. The smallest absolute Gasteiger partial charge is 0.423 e. The molecule has 0 bridgehead atoms. The molecule has 2 aromatic heterocycles. The van der Waals surface area contributed by atoms with E-state index in [2.05, 4.69) is 26.5 Å². The number of rotatable bonds is 10. The Morgan fingerprint density at radius 2 is 1.75 bits per heavy atom. The molecule has 1 fully saturated rings. The lowest BCUT2D eigenvalue weighted by atomic mass is 10.1. The fourth-order valence-electron chi connectivity index (χ4n) is 4.54. The number of benzene rings is 2. The predicted molar refractivity (Wildman–Crippen MR) is 175 cm³/mol. The van der Waals surface area contributed by atoms with Crippen LogP contribution in [0.3, 0.4) is 0 Å². The summed E-state index contributed by atoms with van der Waals surface area (Å²) in [7, 11) is 1.50. The number of ether oxygens (including phenoxy) is 2. The molecular formula is C33H37N7O8. The summed E-state index contributed by atoms with van der Waals surface area (Å²) in [6.45, 7) is 4.24. The van der Waals surface area contributed by atoms with E-state index in [9.17, 15) is 24.3 Å². The molecule has 0 radical (unpaired) electrons. The third-order valence-electron chi connectivity index (χ3n) is 7.21. The number of hydrogen-bond donors (Lipinski definition) is 6. The highest BCUT2D eigenvalue weighted by Crippen LogP contribution is 2.27. The minimum atomic E-state index is -1.08. The fraction of sp³-hybridized carbons (Fsp3) is 0.273. The number of nitrogens with zero attached hydrogens (tertiary/aromatic N) is 2. The highest BCUT2D eigenvalue weighted by molar-refractivity contribution is 6.21. The Bertz CT molecular complexity index is 1810. The zero-order valence-electron chi connectivity index (χ0n) is 26.9. The standard InChI is InChI=1S/C32H32N6O8.CH5N/c1-17-4-7-21(30(41)36-26-12-18(2)46-37-26)14-25(17)38(29(33)28-19(3)24(15-34-28)31(42)35-22-8-9-22)32(43)45-16-44-27(40)13-20-5-10-23(39)11-6-20;1-2/h4-7,10-12,14-15,22,33-34,39H,8-9,13,16H2,1-3H3,(H,35,42)(H,36,37,41);2H2,1H3. The topological polar surface area (TPSA) is 226 Å². The second-order valence-electron chi connectivity index (χ2n) is 10.8. The van der Waals surface area contributed by atoms with Crippen LogP contribution in [0.4, 0.5) is 16.3 Å². The number of aromatic nitrogens is 2. The summed E-state index contributed by atoms with van der Waals surface area (Å²) in [6, 6.07) is 12.2. The van der Waals surface area contributed by atoms with Crippen molar-refractivity contribution in [2.45, 2.75) is 46.1 Å². The van der Waals surface area contributed by atoms with Crippen molar-refractivity contribution in [3.8, 4) is 5.75 Å². The van der Waals surface area contributed by atoms with Crippen molar-refractivity contribution in [3.05, 3.63) is 94.0 Å². The molecule has 252 valence electrons. The van der Waals surface area contributed by atoms with E-state index in [1.807, 2.05) is 0 Å². The molecule has 2 aromatic carbocycles. The van der Waals surface area contributed by atoms with Crippen LogP contribution in [0.1, 0.15) is 61.7 Å². The summed E-state index contributed by atoms with van der Waals surface area (Å²) < 4.78 is 15.4. The molecule has 0 saturated heterocycles. The second kappa shape index (κ2) is 15.6. The molecule has 0 aliphatic heterocycles. The van der Waals surface area contributed by atoms with Gasteiger partial charge in [-0.25, -0.2) is 9.69 Å². The van der Waals surface area contributed by atoms with Crippen LogP contribution in [0.15, 0.2) is 59.3 Å². The molecule has 7 N–H and O–H groups in total. The zero-order chi connectivity index (χ0) is 35.0. The van der Waals surface area contributed by atoms with Crippen LogP contribution >= 0.6 is 0 Å². The van der Waals surface area contributed by atoms with Crippen LogP contribution in [-0.4, -0.2) is 64.8 Å². The number of aromatic amines is 1. The molecule has 1 aliphatic rings. The maximum absolute atomic E-state index is 13.6. The van der Waals surface area contributed by atoms with Crippen molar-refractivity contribution in [1.82, 2.24) is 15.5 Å². The second-order valence-corrected chi connectivity index (χ2v) is 10.8. The average molecular weight is 660 g/mol. The van der Waals surface area contributed by atoms with Crippen molar-refractivity contribution in [2.75, 3.05) is 24.1 Å². The molecular weight excluding hydrogens is 622 g/mol. The van der Waals surface area contributed by atoms with Crippen molar-refractivity contribution in [1.29, 1.82) is 5.41 Å². The highest BCUT2D eigenvalue weighted by Gasteiger charge is 2.31. The summed E-state index contributed by atoms with van der Waals surface area (Å²) in [5.74, 6) is -1.18. The Morgan fingerprint density at radius 1 is 1.04 bits per heavy atom. The van der Waals surface area contributed by atoms with Gasteiger partial charge in [0, 0.05) is 23.9 Å². The monoisotopic (exact) mass is 659 g/mol. The summed E-state index contributed by atoms with van der Waals surface area (Å²) in [4.78, 5) is 55.6. The molecule has 3 amide bonds. The van der Waals surface area contributed by atoms with Gasteiger partial charge in [0.2, 0.25) is 6.79 Å². The van der Waals surface area contributed by atoms with Gasteiger partial charge >= 0.3 is 12.1 Å². The SMILES string of the molecule is CN.Cc1cc(NC(=O)c2ccc(C)c(N(C(=N)c3[nH]cc(C(=O)NC4CC4)c3C)C(=O)OCOC(=O)Cc3ccc(O)cc3)c2)no1. The lowest BCUT2D eigenvalue weighted by Crippen LogP contribution is -2.39. The third-order valence-corrected chi connectivity index (χ3v) is 7.21. The number of amides is 3. The normalized spacial score (nSPS) is 11.9. The molecule has 48 heavy (non-hydrogen) atoms. The van der Waals surface area contributed by atoms with Gasteiger partial charge < -0.3 is 40.5 Å². The first-order chi connectivity index (χ1) is 23.0. The molecule has 15 nitrogen and oxygen atoms in total. The summed E-state index contributed by atoms with van der Waals surface area (Å²) in [5.41, 5.74) is 6.76. The number of H-pyrrole nitrogens is 1. The minimum Gasteiger partial charge on any atom is -0.508 e. The number of nitrogens with one attached hydrogen (secondary N) is 4. The number of carbonyl (C=O) groups excluding carboxylic acids is 4. The number of hydrogen-bond acceptors (Lipinski definition) is 11. The molecule has 4 aromatic rings. The van der Waals surface area contributed by atoms with Gasteiger partial charge in [-0.15, -0.1) is 0 Å². The van der Waals surface area contributed by atoms with Crippen LogP contribution in [0.5, 0.6) is 5.75 Å². The molecule has 0 spiro atoms. The van der Waals surface area contributed by atoms with Crippen LogP contribution in [0, 0.1) is 26.2 Å². The van der Waals surface area contributed by atoms with E-state index < -0.39 is 24.8 Å². The van der Waals surface area contributed by atoms with Gasteiger partial charge in [-0.1, -0.05) is 23.4 Å². The first kappa shape index (κ1) is 34.9. The summed E-state index contributed by atoms with van der Waals surface area (Å²) >= 11 is 0. The van der Waals surface area contributed by atoms with Crippen molar-refractivity contribution >= 4 is 41.2 Å². The van der Waals surface area contributed by atoms with E-state index in [1.54, 1.807) is 51.1 Å². The van der Waals surface area contributed by atoms with Crippen LogP contribution < -0.4 is 21.3 Å². The van der Waals surface area contributed by atoms with Gasteiger partial charge in [0.1, 0.15) is 11.5 Å². The Hall–Kier alpha value is -5.96. The lowest BCUT2D eigenvalue weighted by molar-refractivity contribution is -0.150. The van der Waals surface area contributed by atoms with Crippen LogP contribution in [0.2, 0.25) is 0 Å². The van der Waals surface area contributed by atoms with Gasteiger partial charge in [-0.3, -0.25) is 19.8 Å². The van der Waals surface area contributed by atoms with Crippen molar-refractivity contribution in [2.24, 2.45) is 5.73 Å². The molecule has 1 aliphatic carbocycles. The van der Waals surface area contributed by atoms with E-state index in [0.29, 0.717) is 28.0 Å². The number of anilines is 2. The van der Waals surface area contributed by atoms with Crippen molar-refractivity contribution < 1.29 is 38.3 Å². The van der Waals surface area contributed by atoms with Gasteiger partial charge in [0.15, 0.2) is 11.7 Å².